The Kier molecular flexibility index (Phi) is 5.72. The highest BCUT2D eigenvalue weighted by Gasteiger charge is 2.14. The van der Waals surface area contributed by atoms with Crippen molar-refractivity contribution in [2.75, 3.05) is 5.32 Å². The third-order valence-electron chi connectivity index (χ3n) is 3.95. The van der Waals surface area contributed by atoms with Gasteiger partial charge in [-0.25, -0.2) is 4.39 Å². The van der Waals surface area contributed by atoms with Crippen LogP contribution < -0.4 is 10.6 Å². The second kappa shape index (κ2) is 8.56. The van der Waals surface area contributed by atoms with Crippen molar-refractivity contribution in [1.29, 1.82) is 5.26 Å². The highest BCUT2D eigenvalue weighted by molar-refractivity contribution is 6.05. The van der Waals surface area contributed by atoms with Gasteiger partial charge in [0.15, 0.2) is 0 Å². The first kappa shape index (κ1) is 18.7. The Morgan fingerprint density at radius 3 is 2.57 bits per heavy atom. The van der Waals surface area contributed by atoms with Crippen molar-refractivity contribution in [3.05, 3.63) is 95.1 Å². The monoisotopic (exact) mass is 374 g/mol. The normalized spacial score (nSPS) is 10.0. The van der Waals surface area contributed by atoms with E-state index in [1.807, 2.05) is 6.07 Å². The van der Waals surface area contributed by atoms with Crippen LogP contribution in [-0.2, 0) is 6.54 Å². The molecule has 2 amide bonds. The minimum absolute atomic E-state index is 0.0188. The standard InChI is InChI=1S/C21H15FN4O2/c22-17-7-3-1-6-16(17)13-25-20(27)14-9-10-24-19(11-14)21(28)26-18-8-4-2-5-15(18)12-23/h1-11H,13H2,(H,25,27)(H,26,28). The first-order valence-corrected chi connectivity index (χ1v) is 8.36. The van der Waals surface area contributed by atoms with Crippen molar-refractivity contribution in [1.82, 2.24) is 10.3 Å². The lowest BCUT2D eigenvalue weighted by molar-refractivity contribution is 0.0950. The van der Waals surface area contributed by atoms with Crippen molar-refractivity contribution < 1.29 is 14.0 Å². The van der Waals surface area contributed by atoms with E-state index in [1.165, 1.54) is 24.4 Å². The molecule has 0 aliphatic rings. The van der Waals surface area contributed by atoms with E-state index >= 15 is 0 Å². The highest BCUT2D eigenvalue weighted by Crippen LogP contribution is 2.15. The van der Waals surface area contributed by atoms with Crippen molar-refractivity contribution in [3.63, 3.8) is 0 Å². The van der Waals surface area contributed by atoms with Crippen LogP contribution in [0.1, 0.15) is 32.0 Å². The summed E-state index contributed by atoms with van der Waals surface area (Å²) >= 11 is 0. The zero-order valence-corrected chi connectivity index (χ0v) is 14.6. The van der Waals surface area contributed by atoms with Crippen LogP contribution in [0, 0.1) is 17.1 Å². The van der Waals surface area contributed by atoms with Crippen LogP contribution in [0.2, 0.25) is 0 Å². The van der Waals surface area contributed by atoms with Gasteiger partial charge in [-0.1, -0.05) is 30.3 Å². The molecule has 0 radical (unpaired) electrons. The molecule has 6 nitrogen and oxygen atoms in total. The molecule has 2 N–H and O–H groups in total. The van der Waals surface area contributed by atoms with Gasteiger partial charge in [-0.05, 0) is 30.3 Å². The quantitative estimate of drug-likeness (QED) is 0.716. The number of hydrogen-bond donors (Lipinski definition) is 2. The number of anilines is 1. The zero-order valence-electron chi connectivity index (χ0n) is 14.6. The van der Waals surface area contributed by atoms with E-state index < -0.39 is 17.6 Å². The van der Waals surface area contributed by atoms with Crippen LogP contribution in [0.15, 0.2) is 66.9 Å². The van der Waals surface area contributed by atoms with Crippen LogP contribution in [0.5, 0.6) is 0 Å². The van der Waals surface area contributed by atoms with Gasteiger partial charge in [0.05, 0.1) is 11.3 Å². The maximum absolute atomic E-state index is 13.6. The van der Waals surface area contributed by atoms with Crippen molar-refractivity contribution >= 4 is 17.5 Å². The molecule has 7 heteroatoms. The number of halogens is 1. The Labute approximate surface area is 160 Å². The number of benzene rings is 2. The number of pyridine rings is 1. The molecule has 0 spiro atoms. The Bertz CT molecular complexity index is 1080. The molecule has 0 bridgehead atoms. The molecule has 0 saturated carbocycles. The summed E-state index contributed by atoms with van der Waals surface area (Å²) in [5, 5.41) is 14.3. The Balaban J connectivity index is 1.71. The van der Waals surface area contributed by atoms with Crippen LogP contribution in [-0.4, -0.2) is 16.8 Å². The molecule has 0 aliphatic heterocycles. The molecular weight excluding hydrogens is 359 g/mol. The van der Waals surface area contributed by atoms with Gasteiger partial charge in [0.2, 0.25) is 0 Å². The third kappa shape index (κ3) is 4.37. The largest absolute Gasteiger partial charge is 0.348 e. The predicted molar refractivity (Wildman–Crippen MR) is 101 cm³/mol. The van der Waals surface area contributed by atoms with E-state index in [0.717, 1.165) is 0 Å². The molecule has 0 saturated heterocycles. The number of nitrogens with zero attached hydrogens (tertiary/aromatic N) is 2. The fraction of sp³-hybridized carbons (Fsp3) is 0.0476. The van der Waals surface area contributed by atoms with Gasteiger partial charge < -0.3 is 10.6 Å². The minimum Gasteiger partial charge on any atom is -0.348 e. The molecule has 1 heterocycles. The Hall–Kier alpha value is -4.05. The van der Waals surface area contributed by atoms with Gasteiger partial charge in [0, 0.05) is 23.9 Å². The van der Waals surface area contributed by atoms with E-state index in [0.29, 0.717) is 16.8 Å². The summed E-state index contributed by atoms with van der Waals surface area (Å²) in [6.07, 6.45) is 1.34. The average molecular weight is 374 g/mol. The highest BCUT2D eigenvalue weighted by atomic mass is 19.1. The lowest BCUT2D eigenvalue weighted by Crippen LogP contribution is -2.24. The SMILES string of the molecule is N#Cc1ccccc1NC(=O)c1cc(C(=O)NCc2ccccc2F)ccn1. The van der Waals surface area contributed by atoms with Gasteiger partial charge in [-0.2, -0.15) is 5.26 Å². The summed E-state index contributed by atoms with van der Waals surface area (Å²) in [5.41, 5.74) is 1.26. The molecule has 0 fully saturated rings. The number of aromatic nitrogens is 1. The first-order chi connectivity index (χ1) is 13.6. The second-order valence-corrected chi connectivity index (χ2v) is 5.82. The van der Waals surface area contributed by atoms with Crippen molar-refractivity contribution in [3.8, 4) is 6.07 Å². The van der Waals surface area contributed by atoms with Crippen LogP contribution in [0.25, 0.3) is 0 Å². The number of nitriles is 1. The van der Waals surface area contributed by atoms with E-state index in [-0.39, 0.29) is 17.8 Å². The molecule has 0 aliphatic carbocycles. The van der Waals surface area contributed by atoms with Gasteiger partial charge in [-0.3, -0.25) is 14.6 Å². The van der Waals surface area contributed by atoms with Gasteiger partial charge in [-0.15, -0.1) is 0 Å². The number of rotatable bonds is 5. The number of amides is 2. The molecule has 138 valence electrons. The average Bonchev–Trinajstić information content (AvgIpc) is 2.73. The third-order valence-corrected chi connectivity index (χ3v) is 3.95. The number of carbonyl (C=O) groups excluding carboxylic acids is 2. The second-order valence-electron chi connectivity index (χ2n) is 5.82. The molecule has 0 unspecified atom stereocenters. The maximum atomic E-state index is 13.6. The fourth-order valence-corrected chi connectivity index (χ4v) is 2.49. The van der Waals surface area contributed by atoms with Crippen molar-refractivity contribution in [2.24, 2.45) is 0 Å². The molecule has 3 rings (SSSR count). The summed E-state index contributed by atoms with van der Waals surface area (Å²) in [4.78, 5) is 28.7. The van der Waals surface area contributed by atoms with Crippen LogP contribution in [0.4, 0.5) is 10.1 Å². The summed E-state index contributed by atoms with van der Waals surface area (Å²) in [6, 6.07) is 17.5. The van der Waals surface area contributed by atoms with Gasteiger partial charge >= 0.3 is 0 Å². The van der Waals surface area contributed by atoms with Crippen LogP contribution in [0.3, 0.4) is 0 Å². The summed E-state index contributed by atoms with van der Waals surface area (Å²) in [7, 11) is 0. The maximum Gasteiger partial charge on any atom is 0.274 e. The van der Waals surface area contributed by atoms with E-state index in [1.54, 1.807) is 42.5 Å². The first-order valence-electron chi connectivity index (χ1n) is 8.36. The molecule has 28 heavy (non-hydrogen) atoms. The summed E-state index contributed by atoms with van der Waals surface area (Å²) in [5.74, 6) is -1.42. The molecule has 3 aromatic rings. The predicted octanol–water partition coefficient (Wildman–Crippen LogP) is 3.27. The molecule has 1 aromatic heterocycles. The van der Waals surface area contributed by atoms with Crippen molar-refractivity contribution in [2.45, 2.75) is 6.54 Å². The van der Waals surface area contributed by atoms with Gasteiger partial charge in [0.1, 0.15) is 17.6 Å². The number of hydrogen-bond acceptors (Lipinski definition) is 4. The summed E-state index contributed by atoms with van der Waals surface area (Å²) < 4.78 is 13.6. The molecular formula is C21H15FN4O2. The van der Waals surface area contributed by atoms with E-state index in [9.17, 15) is 14.0 Å². The van der Waals surface area contributed by atoms with E-state index in [4.69, 9.17) is 5.26 Å². The summed E-state index contributed by atoms with van der Waals surface area (Å²) in [6.45, 7) is 0.0188. The number of para-hydroxylation sites is 1. The smallest absolute Gasteiger partial charge is 0.274 e. The van der Waals surface area contributed by atoms with Gasteiger partial charge in [0.25, 0.3) is 11.8 Å². The van der Waals surface area contributed by atoms with Crippen LogP contribution >= 0.6 is 0 Å². The fourth-order valence-electron chi connectivity index (χ4n) is 2.49. The number of nitrogens with one attached hydrogen (secondary N) is 2. The zero-order chi connectivity index (χ0) is 19.9. The van der Waals surface area contributed by atoms with E-state index in [2.05, 4.69) is 15.6 Å². The molecule has 2 aromatic carbocycles. The lowest BCUT2D eigenvalue weighted by Gasteiger charge is -2.09. The minimum atomic E-state index is -0.550. The Morgan fingerprint density at radius 1 is 1.04 bits per heavy atom. The number of carbonyl (C=O) groups is 2. The Morgan fingerprint density at radius 2 is 1.79 bits per heavy atom. The lowest BCUT2D eigenvalue weighted by atomic mass is 10.1. The topological polar surface area (TPSA) is 94.9 Å². The molecule has 0 atom stereocenters.